The van der Waals surface area contributed by atoms with E-state index < -0.39 is 6.10 Å². The molecule has 0 fully saturated rings. The zero-order valence-corrected chi connectivity index (χ0v) is 44.2. The van der Waals surface area contributed by atoms with Crippen molar-refractivity contribution in [3.05, 3.63) is 36.5 Å². The van der Waals surface area contributed by atoms with Crippen molar-refractivity contribution in [1.29, 1.82) is 0 Å². The van der Waals surface area contributed by atoms with Gasteiger partial charge in [0.2, 0.25) is 0 Å². The van der Waals surface area contributed by atoms with Gasteiger partial charge in [0, 0.05) is 19.3 Å². The van der Waals surface area contributed by atoms with Crippen LogP contribution in [0.3, 0.4) is 0 Å². The summed E-state index contributed by atoms with van der Waals surface area (Å²) in [7, 11) is 0. The predicted octanol–water partition coefficient (Wildman–Crippen LogP) is 19.3. The van der Waals surface area contributed by atoms with Gasteiger partial charge in [-0.05, 0) is 77.0 Å². The Kier molecular flexibility index (Phi) is 53.2. The first-order valence-corrected chi connectivity index (χ1v) is 29.0. The number of ether oxygens (including phenoxy) is 3. The van der Waals surface area contributed by atoms with E-state index in [1.54, 1.807) is 0 Å². The highest BCUT2D eigenvalue weighted by Gasteiger charge is 2.19. The van der Waals surface area contributed by atoms with Crippen molar-refractivity contribution in [1.82, 2.24) is 0 Å². The first-order valence-electron chi connectivity index (χ1n) is 29.0. The molecule has 0 aromatic heterocycles. The SMILES string of the molecule is CCCCC/C=C\C/C=C\CCCCCCCCCC(=O)OC[C@@H](COC(=O)CCCCCCCCCCCCCCCCC)OC(=O)CCCCCCC/C=C\CCCCCCCCC. The average molecular weight is 928 g/mol. The van der Waals surface area contributed by atoms with Crippen LogP contribution in [0.5, 0.6) is 0 Å². The van der Waals surface area contributed by atoms with Crippen molar-refractivity contribution in [3.63, 3.8) is 0 Å². The fraction of sp³-hybridized carbons (Fsp3) is 0.850. The van der Waals surface area contributed by atoms with E-state index in [1.165, 1.54) is 193 Å². The Morgan fingerprint density at radius 1 is 0.303 bits per heavy atom. The number of hydrogen-bond donors (Lipinski definition) is 0. The molecule has 66 heavy (non-hydrogen) atoms. The Morgan fingerprint density at radius 2 is 0.545 bits per heavy atom. The van der Waals surface area contributed by atoms with Crippen molar-refractivity contribution >= 4 is 17.9 Å². The lowest BCUT2D eigenvalue weighted by Crippen LogP contribution is -2.30. The van der Waals surface area contributed by atoms with E-state index in [4.69, 9.17) is 14.2 Å². The summed E-state index contributed by atoms with van der Waals surface area (Å²) >= 11 is 0. The molecule has 0 unspecified atom stereocenters. The minimum Gasteiger partial charge on any atom is -0.462 e. The Hall–Kier alpha value is -2.37. The van der Waals surface area contributed by atoms with Gasteiger partial charge in [0.25, 0.3) is 0 Å². The standard InChI is InChI=1S/C60H110O6/c1-4-7-10-13-16-19-22-25-28-30-33-35-38-41-44-47-50-53-59(62)65-56-57(55-64-58(61)52-49-46-43-40-37-34-31-27-24-21-18-15-12-9-6-3)66-60(63)54-51-48-45-42-39-36-32-29-26-23-20-17-14-11-8-5-2/h16,19,25,28-29,32,57H,4-15,17-18,20-24,26-27,30-31,33-56H2,1-3H3/b19-16-,28-25-,32-29-/t57-/m1/s1. The molecule has 6 heteroatoms. The van der Waals surface area contributed by atoms with E-state index in [0.29, 0.717) is 19.3 Å². The van der Waals surface area contributed by atoms with Crippen LogP contribution in [0.25, 0.3) is 0 Å². The number of unbranched alkanes of at least 4 members (excludes halogenated alkanes) is 36. The van der Waals surface area contributed by atoms with E-state index in [9.17, 15) is 14.4 Å². The summed E-state index contributed by atoms with van der Waals surface area (Å²) in [6.45, 7) is 6.64. The third-order valence-corrected chi connectivity index (χ3v) is 12.9. The molecule has 0 bridgehead atoms. The van der Waals surface area contributed by atoms with Gasteiger partial charge in [-0.15, -0.1) is 0 Å². The van der Waals surface area contributed by atoms with Crippen molar-refractivity contribution in [2.75, 3.05) is 13.2 Å². The van der Waals surface area contributed by atoms with Crippen molar-refractivity contribution in [3.8, 4) is 0 Å². The summed E-state index contributed by atoms with van der Waals surface area (Å²) in [5, 5.41) is 0. The zero-order chi connectivity index (χ0) is 47.9. The molecule has 6 nitrogen and oxygen atoms in total. The van der Waals surface area contributed by atoms with Crippen LogP contribution in [0.2, 0.25) is 0 Å². The van der Waals surface area contributed by atoms with Crippen LogP contribution in [-0.4, -0.2) is 37.2 Å². The average Bonchev–Trinajstić information content (AvgIpc) is 3.31. The van der Waals surface area contributed by atoms with Gasteiger partial charge in [-0.25, -0.2) is 0 Å². The van der Waals surface area contributed by atoms with E-state index in [0.717, 1.165) is 77.0 Å². The first kappa shape index (κ1) is 63.6. The van der Waals surface area contributed by atoms with Gasteiger partial charge in [-0.1, -0.05) is 250 Å². The van der Waals surface area contributed by atoms with Crippen molar-refractivity contribution in [2.45, 2.75) is 316 Å². The smallest absolute Gasteiger partial charge is 0.306 e. The summed E-state index contributed by atoms with van der Waals surface area (Å²) in [5.41, 5.74) is 0. The van der Waals surface area contributed by atoms with Crippen molar-refractivity contribution < 1.29 is 28.6 Å². The number of carbonyl (C=O) groups is 3. The Bertz CT molecular complexity index is 1110. The molecule has 0 aliphatic heterocycles. The minimum atomic E-state index is -0.777. The van der Waals surface area contributed by atoms with Crippen LogP contribution in [0.4, 0.5) is 0 Å². The zero-order valence-electron chi connectivity index (χ0n) is 44.2. The maximum absolute atomic E-state index is 12.8. The second-order valence-corrected chi connectivity index (χ2v) is 19.6. The Balaban J connectivity index is 4.37. The van der Waals surface area contributed by atoms with E-state index in [-0.39, 0.29) is 31.1 Å². The largest absolute Gasteiger partial charge is 0.462 e. The summed E-state index contributed by atoms with van der Waals surface area (Å²) in [4.78, 5) is 38.1. The number of allylic oxidation sites excluding steroid dienone is 6. The maximum Gasteiger partial charge on any atom is 0.306 e. The van der Waals surface area contributed by atoms with Gasteiger partial charge in [-0.3, -0.25) is 14.4 Å². The molecule has 0 rings (SSSR count). The molecule has 0 aromatic carbocycles. The van der Waals surface area contributed by atoms with Gasteiger partial charge >= 0.3 is 17.9 Å². The molecule has 0 N–H and O–H groups in total. The fourth-order valence-corrected chi connectivity index (χ4v) is 8.47. The molecule has 1 atom stereocenters. The third kappa shape index (κ3) is 52.6. The molecule has 0 aliphatic carbocycles. The Morgan fingerprint density at radius 3 is 0.879 bits per heavy atom. The lowest BCUT2D eigenvalue weighted by atomic mass is 10.0. The van der Waals surface area contributed by atoms with Gasteiger partial charge in [0.05, 0.1) is 0 Å². The lowest BCUT2D eigenvalue weighted by molar-refractivity contribution is -0.167. The monoisotopic (exact) mass is 927 g/mol. The number of rotatable bonds is 53. The second-order valence-electron chi connectivity index (χ2n) is 19.6. The second kappa shape index (κ2) is 55.2. The van der Waals surface area contributed by atoms with Gasteiger partial charge in [-0.2, -0.15) is 0 Å². The molecule has 0 spiro atoms. The van der Waals surface area contributed by atoms with Crippen LogP contribution in [0.1, 0.15) is 310 Å². The predicted molar refractivity (Wildman–Crippen MR) is 284 cm³/mol. The summed E-state index contributed by atoms with van der Waals surface area (Å²) in [6.07, 6.45) is 65.5. The topological polar surface area (TPSA) is 78.9 Å². The highest BCUT2D eigenvalue weighted by Crippen LogP contribution is 2.16. The van der Waals surface area contributed by atoms with Crippen LogP contribution < -0.4 is 0 Å². The number of carbonyl (C=O) groups excluding carboxylic acids is 3. The minimum absolute atomic E-state index is 0.0744. The van der Waals surface area contributed by atoms with Gasteiger partial charge in [0.15, 0.2) is 6.10 Å². The molecule has 386 valence electrons. The van der Waals surface area contributed by atoms with Crippen LogP contribution in [0.15, 0.2) is 36.5 Å². The third-order valence-electron chi connectivity index (χ3n) is 12.9. The number of esters is 3. The molecule has 0 radical (unpaired) electrons. The van der Waals surface area contributed by atoms with E-state index in [2.05, 4.69) is 57.2 Å². The van der Waals surface area contributed by atoms with Crippen LogP contribution in [-0.2, 0) is 28.6 Å². The van der Waals surface area contributed by atoms with E-state index >= 15 is 0 Å². The summed E-state index contributed by atoms with van der Waals surface area (Å²) in [6, 6.07) is 0. The molecule has 0 heterocycles. The highest BCUT2D eigenvalue weighted by atomic mass is 16.6. The highest BCUT2D eigenvalue weighted by molar-refractivity contribution is 5.71. The fourth-order valence-electron chi connectivity index (χ4n) is 8.47. The van der Waals surface area contributed by atoms with Crippen LogP contribution >= 0.6 is 0 Å². The van der Waals surface area contributed by atoms with Gasteiger partial charge < -0.3 is 14.2 Å². The quantitative estimate of drug-likeness (QED) is 0.0262. The summed E-state index contributed by atoms with van der Waals surface area (Å²) in [5.74, 6) is -0.873. The molecular formula is C60H110O6. The van der Waals surface area contributed by atoms with E-state index in [1.807, 2.05) is 0 Å². The lowest BCUT2D eigenvalue weighted by Gasteiger charge is -2.18. The molecule has 0 saturated carbocycles. The molecule has 0 aromatic rings. The number of hydrogen-bond acceptors (Lipinski definition) is 6. The molecule has 0 amide bonds. The Labute approximate surface area is 410 Å². The van der Waals surface area contributed by atoms with Crippen molar-refractivity contribution in [2.24, 2.45) is 0 Å². The van der Waals surface area contributed by atoms with Gasteiger partial charge in [0.1, 0.15) is 13.2 Å². The summed E-state index contributed by atoms with van der Waals surface area (Å²) < 4.78 is 16.9. The molecule has 0 aliphatic rings. The molecular weight excluding hydrogens is 817 g/mol. The van der Waals surface area contributed by atoms with Crippen LogP contribution in [0, 0.1) is 0 Å². The molecule has 0 saturated heterocycles. The maximum atomic E-state index is 12.8. The first-order chi connectivity index (χ1) is 32.5. The normalized spacial score (nSPS) is 12.2.